The minimum Gasteiger partial charge on any atom is -0.369 e. The molecule has 0 unspecified atom stereocenters. The molecule has 148 valence electrons. The Morgan fingerprint density at radius 3 is 2.31 bits per heavy atom. The largest absolute Gasteiger partial charge is 0.369 e. The topological polar surface area (TPSA) is 59.2 Å². The number of hydrogen-bond donors (Lipinski definition) is 1. The van der Waals surface area contributed by atoms with E-state index in [0.29, 0.717) is 13.0 Å². The molecule has 4 rings (SSSR count). The van der Waals surface area contributed by atoms with Crippen molar-refractivity contribution in [2.45, 2.75) is 25.8 Å². The normalized spacial score (nSPS) is 19.7. The van der Waals surface area contributed by atoms with E-state index in [2.05, 4.69) is 46.3 Å². The molecule has 2 aromatic carbocycles. The van der Waals surface area contributed by atoms with E-state index < -0.39 is 5.41 Å². The SMILES string of the molecule is NC(=O)[C@@]1(Cc2ccc(-c3ccccc3)cc2)CCCN(Cc2ccncc2)C1. The maximum absolute atomic E-state index is 12.6. The number of hydrogen-bond acceptors (Lipinski definition) is 3. The van der Waals surface area contributed by atoms with Crippen molar-refractivity contribution < 1.29 is 4.79 Å². The first kappa shape index (κ1) is 19.3. The van der Waals surface area contributed by atoms with Crippen LogP contribution in [0.2, 0.25) is 0 Å². The van der Waals surface area contributed by atoms with E-state index in [9.17, 15) is 4.79 Å². The Morgan fingerprint density at radius 1 is 0.931 bits per heavy atom. The van der Waals surface area contributed by atoms with Gasteiger partial charge < -0.3 is 5.73 Å². The zero-order valence-electron chi connectivity index (χ0n) is 16.6. The molecule has 1 atom stereocenters. The number of piperidine rings is 1. The van der Waals surface area contributed by atoms with Crippen LogP contribution in [0.1, 0.15) is 24.0 Å². The maximum atomic E-state index is 12.6. The summed E-state index contributed by atoms with van der Waals surface area (Å²) in [4.78, 5) is 19.0. The highest BCUT2D eigenvalue weighted by Crippen LogP contribution is 2.34. The molecule has 1 amide bonds. The van der Waals surface area contributed by atoms with Crippen LogP contribution >= 0.6 is 0 Å². The predicted molar refractivity (Wildman–Crippen MR) is 116 cm³/mol. The second-order valence-electron chi connectivity index (χ2n) is 8.05. The smallest absolute Gasteiger partial charge is 0.225 e. The first-order valence-corrected chi connectivity index (χ1v) is 10.2. The second kappa shape index (κ2) is 8.58. The molecule has 0 bridgehead atoms. The number of rotatable bonds is 6. The number of primary amides is 1. The monoisotopic (exact) mass is 385 g/mol. The van der Waals surface area contributed by atoms with Crippen molar-refractivity contribution in [3.8, 4) is 11.1 Å². The van der Waals surface area contributed by atoms with Gasteiger partial charge in [0, 0.05) is 25.5 Å². The zero-order chi connectivity index (χ0) is 20.1. The van der Waals surface area contributed by atoms with Crippen LogP contribution in [0.4, 0.5) is 0 Å². The minimum atomic E-state index is -0.514. The van der Waals surface area contributed by atoms with Crippen LogP contribution in [-0.4, -0.2) is 28.9 Å². The van der Waals surface area contributed by atoms with Crippen LogP contribution in [0.3, 0.4) is 0 Å². The Balaban J connectivity index is 1.50. The predicted octanol–water partition coefficient (Wildman–Crippen LogP) is 4.06. The van der Waals surface area contributed by atoms with E-state index in [1.54, 1.807) is 0 Å². The lowest BCUT2D eigenvalue weighted by Crippen LogP contribution is -2.51. The summed E-state index contributed by atoms with van der Waals surface area (Å²) in [6.07, 6.45) is 6.14. The van der Waals surface area contributed by atoms with Crippen LogP contribution in [0.5, 0.6) is 0 Å². The lowest BCUT2D eigenvalue weighted by molar-refractivity contribution is -0.131. The van der Waals surface area contributed by atoms with Crippen molar-refractivity contribution in [2.75, 3.05) is 13.1 Å². The van der Waals surface area contributed by atoms with E-state index in [1.165, 1.54) is 16.7 Å². The molecule has 4 heteroatoms. The Morgan fingerprint density at radius 2 is 1.62 bits per heavy atom. The number of benzene rings is 2. The molecule has 1 aromatic heterocycles. The van der Waals surface area contributed by atoms with Gasteiger partial charge in [0.25, 0.3) is 0 Å². The highest BCUT2D eigenvalue weighted by atomic mass is 16.1. The lowest BCUT2D eigenvalue weighted by Gasteiger charge is -2.41. The van der Waals surface area contributed by atoms with E-state index in [-0.39, 0.29) is 5.91 Å². The second-order valence-corrected chi connectivity index (χ2v) is 8.05. The third-order valence-electron chi connectivity index (χ3n) is 5.94. The maximum Gasteiger partial charge on any atom is 0.225 e. The summed E-state index contributed by atoms with van der Waals surface area (Å²) < 4.78 is 0. The van der Waals surface area contributed by atoms with Gasteiger partial charge >= 0.3 is 0 Å². The van der Waals surface area contributed by atoms with Crippen molar-refractivity contribution in [2.24, 2.45) is 11.1 Å². The van der Waals surface area contributed by atoms with Gasteiger partial charge in [-0.25, -0.2) is 0 Å². The number of amides is 1. The Bertz CT molecular complexity index is 941. The molecular weight excluding hydrogens is 358 g/mol. The average Bonchev–Trinajstić information content (AvgIpc) is 2.76. The zero-order valence-corrected chi connectivity index (χ0v) is 16.6. The van der Waals surface area contributed by atoms with Crippen LogP contribution in [0.25, 0.3) is 11.1 Å². The summed E-state index contributed by atoms with van der Waals surface area (Å²) in [6.45, 7) is 2.51. The molecule has 2 heterocycles. The third-order valence-corrected chi connectivity index (χ3v) is 5.94. The van der Waals surface area contributed by atoms with Crippen LogP contribution in [0, 0.1) is 5.41 Å². The fourth-order valence-corrected chi connectivity index (χ4v) is 4.38. The van der Waals surface area contributed by atoms with E-state index in [4.69, 9.17) is 5.73 Å². The summed E-state index contributed by atoms with van der Waals surface area (Å²) in [5.74, 6) is -0.191. The average molecular weight is 386 g/mol. The quantitative estimate of drug-likeness (QED) is 0.696. The van der Waals surface area contributed by atoms with Gasteiger partial charge in [-0.05, 0) is 60.2 Å². The Kier molecular flexibility index (Phi) is 5.72. The van der Waals surface area contributed by atoms with Gasteiger partial charge in [0.05, 0.1) is 5.41 Å². The van der Waals surface area contributed by atoms with Gasteiger partial charge in [0.1, 0.15) is 0 Å². The van der Waals surface area contributed by atoms with E-state index in [1.807, 2.05) is 42.7 Å². The first-order chi connectivity index (χ1) is 14.1. The Hall–Kier alpha value is -2.98. The van der Waals surface area contributed by atoms with Gasteiger partial charge in [0.2, 0.25) is 5.91 Å². The molecule has 0 saturated carbocycles. The van der Waals surface area contributed by atoms with E-state index in [0.717, 1.165) is 31.5 Å². The van der Waals surface area contributed by atoms with Crippen LogP contribution in [-0.2, 0) is 17.8 Å². The summed E-state index contributed by atoms with van der Waals surface area (Å²) in [5, 5.41) is 0. The molecule has 0 spiro atoms. The molecule has 1 aliphatic heterocycles. The van der Waals surface area contributed by atoms with Gasteiger partial charge in [-0.2, -0.15) is 0 Å². The van der Waals surface area contributed by atoms with Crippen molar-refractivity contribution in [3.63, 3.8) is 0 Å². The number of carbonyl (C=O) groups excluding carboxylic acids is 1. The molecular formula is C25H27N3O. The molecule has 0 radical (unpaired) electrons. The van der Waals surface area contributed by atoms with Gasteiger partial charge in [0.15, 0.2) is 0 Å². The fourth-order valence-electron chi connectivity index (χ4n) is 4.38. The molecule has 1 fully saturated rings. The number of nitrogens with zero attached hydrogens (tertiary/aromatic N) is 2. The van der Waals surface area contributed by atoms with Crippen molar-refractivity contribution >= 4 is 5.91 Å². The Labute approximate surface area is 172 Å². The van der Waals surface area contributed by atoms with Gasteiger partial charge in [-0.15, -0.1) is 0 Å². The molecule has 4 nitrogen and oxygen atoms in total. The lowest BCUT2D eigenvalue weighted by atomic mass is 9.74. The summed E-state index contributed by atoms with van der Waals surface area (Å²) >= 11 is 0. The molecule has 2 N–H and O–H groups in total. The van der Waals surface area contributed by atoms with Crippen LogP contribution in [0.15, 0.2) is 79.1 Å². The number of nitrogens with two attached hydrogens (primary N) is 1. The standard InChI is InChI=1S/C25H27N3O/c26-24(29)25(13-4-16-28(19-25)18-21-11-14-27-15-12-21)17-20-7-9-23(10-8-20)22-5-2-1-3-6-22/h1-3,5-12,14-15H,4,13,16-19H2,(H2,26,29)/t25-/m1/s1. The highest BCUT2D eigenvalue weighted by molar-refractivity contribution is 5.81. The van der Waals surface area contributed by atoms with Gasteiger partial charge in [-0.3, -0.25) is 14.7 Å². The number of likely N-dealkylation sites (tertiary alicyclic amines) is 1. The van der Waals surface area contributed by atoms with Crippen LogP contribution < -0.4 is 5.73 Å². The number of carbonyl (C=O) groups is 1. The van der Waals surface area contributed by atoms with E-state index >= 15 is 0 Å². The summed E-state index contributed by atoms with van der Waals surface area (Å²) in [5.41, 5.74) is 10.2. The highest BCUT2D eigenvalue weighted by Gasteiger charge is 2.40. The summed E-state index contributed by atoms with van der Waals surface area (Å²) in [7, 11) is 0. The molecule has 1 saturated heterocycles. The third kappa shape index (κ3) is 4.54. The minimum absolute atomic E-state index is 0.191. The summed E-state index contributed by atoms with van der Waals surface area (Å²) in [6, 6.07) is 22.9. The fraction of sp³-hybridized carbons (Fsp3) is 0.280. The van der Waals surface area contributed by atoms with Crippen molar-refractivity contribution in [3.05, 3.63) is 90.3 Å². The van der Waals surface area contributed by atoms with Crippen molar-refractivity contribution in [1.82, 2.24) is 9.88 Å². The first-order valence-electron chi connectivity index (χ1n) is 10.2. The molecule has 29 heavy (non-hydrogen) atoms. The molecule has 3 aromatic rings. The molecule has 1 aliphatic rings. The van der Waals surface area contributed by atoms with Crippen molar-refractivity contribution in [1.29, 1.82) is 0 Å². The number of pyridine rings is 1. The molecule has 0 aliphatic carbocycles. The number of aromatic nitrogens is 1. The van der Waals surface area contributed by atoms with Gasteiger partial charge in [-0.1, -0.05) is 54.6 Å².